The number of aromatic nitrogens is 3. The maximum Gasteiger partial charge on any atom is 0.311 e. The minimum atomic E-state index is -0.752. The van der Waals surface area contributed by atoms with Gasteiger partial charge in [0.15, 0.2) is 5.82 Å². The molecule has 2 rings (SSSR count). The molecule has 21 heavy (non-hydrogen) atoms. The Kier molecular flexibility index (Phi) is 3.83. The molecular formula is C12H13N5O4. The van der Waals surface area contributed by atoms with Crippen LogP contribution >= 0.6 is 0 Å². The minimum Gasteiger partial charge on any atom is -0.502 e. The van der Waals surface area contributed by atoms with Crippen molar-refractivity contribution in [1.29, 1.82) is 0 Å². The predicted molar refractivity (Wildman–Crippen MR) is 71.6 cm³/mol. The maximum absolute atomic E-state index is 12.1. The van der Waals surface area contributed by atoms with Gasteiger partial charge in [0, 0.05) is 13.1 Å². The average Bonchev–Trinajstić information content (AvgIpc) is 2.84. The molecule has 0 fully saturated rings. The van der Waals surface area contributed by atoms with E-state index in [4.69, 9.17) is 0 Å². The van der Waals surface area contributed by atoms with Crippen molar-refractivity contribution < 1.29 is 14.8 Å². The van der Waals surface area contributed by atoms with Gasteiger partial charge in [-0.2, -0.15) is 0 Å². The van der Waals surface area contributed by atoms with Gasteiger partial charge in [-0.05, 0) is 13.0 Å². The Morgan fingerprint density at radius 2 is 2.24 bits per heavy atom. The average molecular weight is 291 g/mol. The summed E-state index contributed by atoms with van der Waals surface area (Å²) in [7, 11) is 1.73. The number of aromatic hydroxyl groups is 1. The van der Waals surface area contributed by atoms with E-state index in [0.29, 0.717) is 5.82 Å². The van der Waals surface area contributed by atoms with Crippen molar-refractivity contribution >= 4 is 11.6 Å². The Bertz CT molecular complexity index is 697. The Balaban J connectivity index is 2.23. The third-order valence-corrected chi connectivity index (χ3v) is 2.94. The van der Waals surface area contributed by atoms with Gasteiger partial charge >= 0.3 is 5.69 Å². The normalized spacial score (nSPS) is 11.9. The number of nitrogens with zero attached hydrogens (tertiary/aromatic N) is 4. The van der Waals surface area contributed by atoms with Crippen molar-refractivity contribution in [1.82, 2.24) is 20.1 Å². The monoisotopic (exact) mass is 291 g/mol. The standard InChI is InChI=1S/C12H13N5O4/c1-7(11-15-13-6-16(11)2)14-12(19)8-4-3-5-9(10(8)18)17(20)21/h3-7,18H,1-2H3,(H,14,19). The molecule has 0 saturated carbocycles. The fourth-order valence-electron chi connectivity index (χ4n) is 1.89. The fraction of sp³-hybridized carbons (Fsp3) is 0.250. The number of phenols is 1. The van der Waals surface area contributed by atoms with Crippen LogP contribution in [0.25, 0.3) is 0 Å². The number of carbonyl (C=O) groups is 1. The number of hydrogen-bond acceptors (Lipinski definition) is 6. The highest BCUT2D eigenvalue weighted by Gasteiger charge is 2.23. The number of para-hydroxylation sites is 1. The zero-order chi connectivity index (χ0) is 15.6. The minimum absolute atomic E-state index is 0.168. The summed E-state index contributed by atoms with van der Waals surface area (Å²) in [5, 5.41) is 30.7. The Morgan fingerprint density at radius 1 is 1.52 bits per heavy atom. The number of nitrogens with one attached hydrogen (secondary N) is 1. The molecule has 0 aliphatic heterocycles. The van der Waals surface area contributed by atoms with Gasteiger partial charge in [0.1, 0.15) is 6.33 Å². The summed E-state index contributed by atoms with van der Waals surface area (Å²) in [5.41, 5.74) is -0.688. The quantitative estimate of drug-likeness (QED) is 0.637. The number of hydrogen-bond donors (Lipinski definition) is 2. The number of amides is 1. The zero-order valence-electron chi connectivity index (χ0n) is 11.3. The second kappa shape index (κ2) is 5.57. The van der Waals surface area contributed by atoms with Gasteiger partial charge in [0.25, 0.3) is 5.91 Å². The fourth-order valence-corrected chi connectivity index (χ4v) is 1.89. The SMILES string of the molecule is CC(NC(=O)c1cccc([N+](=O)[O-])c1O)c1nncn1C. The molecule has 0 radical (unpaired) electrons. The summed E-state index contributed by atoms with van der Waals surface area (Å²) >= 11 is 0. The number of benzene rings is 1. The number of phenolic OH excluding ortho intramolecular Hbond substituents is 1. The highest BCUT2D eigenvalue weighted by molar-refractivity contribution is 5.98. The molecule has 1 aromatic carbocycles. The lowest BCUT2D eigenvalue weighted by atomic mass is 10.1. The van der Waals surface area contributed by atoms with E-state index in [1.807, 2.05) is 0 Å². The predicted octanol–water partition coefficient (Wildman–Crippen LogP) is 0.920. The summed E-state index contributed by atoms with van der Waals surface area (Å²) in [6.45, 7) is 1.69. The number of nitro groups is 1. The van der Waals surface area contributed by atoms with Crippen LogP contribution in [0.3, 0.4) is 0 Å². The summed E-state index contributed by atoms with van der Waals surface area (Å²) in [6.07, 6.45) is 1.49. The first-order valence-corrected chi connectivity index (χ1v) is 6.03. The Hall–Kier alpha value is -2.97. The van der Waals surface area contributed by atoms with Crippen LogP contribution in [0.5, 0.6) is 5.75 Å². The van der Waals surface area contributed by atoms with Crippen molar-refractivity contribution in [2.45, 2.75) is 13.0 Å². The van der Waals surface area contributed by atoms with Crippen LogP contribution in [0.4, 0.5) is 5.69 Å². The van der Waals surface area contributed by atoms with E-state index in [1.165, 1.54) is 18.5 Å². The van der Waals surface area contributed by atoms with Crippen LogP contribution in [0, 0.1) is 10.1 Å². The molecule has 1 unspecified atom stereocenters. The number of nitro benzene ring substituents is 1. The lowest BCUT2D eigenvalue weighted by Gasteiger charge is -2.13. The molecular weight excluding hydrogens is 278 g/mol. The first-order chi connectivity index (χ1) is 9.91. The van der Waals surface area contributed by atoms with Crippen LogP contribution in [0.2, 0.25) is 0 Å². The second-order valence-corrected chi connectivity index (χ2v) is 4.43. The zero-order valence-corrected chi connectivity index (χ0v) is 11.3. The molecule has 0 bridgehead atoms. The third-order valence-electron chi connectivity index (χ3n) is 2.94. The van der Waals surface area contributed by atoms with Crippen molar-refractivity contribution in [3.8, 4) is 5.75 Å². The molecule has 2 aromatic rings. The van der Waals surface area contributed by atoms with Gasteiger partial charge in [0.2, 0.25) is 5.75 Å². The smallest absolute Gasteiger partial charge is 0.311 e. The molecule has 1 amide bonds. The van der Waals surface area contributed by atoms with Crippen molar-refractivity contribution in [2.75, 3.05) is 0 Å². The summed E-state index contributed by atoms with van der Waals surface area (Å²) in [5.74, 6) is -0.773. The van der Waals surface area contributed by atoms with E-state index in [-0.39, 0.29) is 5.56 Å². The van der Waals surface area contributed by atoms with E-state index in [0.717, 1.165) is 6.07 Å². The summed E-state index contributed by atoms with van der Waals surface area (Å²) in [4.78, 5) is 22.1. The third kappa shape index (κ3) is 2.81. The largest absolute Gasteiger partial charge is 0.502 e. The van der Waals surface area contributed by atoms with Crippen LogP contribution in [0.15, 0.2) is 24.5 Å². The molecule has 1 atom stereocenters. The lowest BCUT2D eigenvalue weighted by molar-refractivity contribution is -0.385. The van der Waals surface area contributed by atoms with E-state index in [9.17, 15) is 20.0 Å². The van der Waals surface area contributed by atoms with Crippen molar-refractivity contribution in [3.63, 3.8) is 0 Å². The molecule has 1 aromatic heterocycles. The summed E-state index contributed by atoms with van der Waals surface area (Å²) < 4.78 is 1.64. The van der Waals surface area contributed by atoms with Crippen molar-refractivity contribution in [3.05, 3.63) is 46.0 Å². The first kappa shape index (κ1) is 14.4. The van der Waals surface area contributed by atoms with Crippen LogP contribution in [0.1, 0.15) is 29.1 Å². The van der Waals surface area contributed by atoms with Gasteiger partial charge in [-0.15, -0.1) is 10.2 Å². The van der Waals surface area contributed by atoms with Crippen LogP contribution in [-0.2, 0) is 7.05 Å². The number of carbonyl (C=O) groups excluding carboxylic acids is 1. The number of aryl methyl sites for hydroxylation is 1. The highest BCUT2D eigenvalue weighted by Crippen LogP contribution is 2.29. The van der Waals surface area contributed by atoms with Crippen molar-refractivity contribution in [2.24, 2.45) is 7.05 Å². The molecule has 0 spiro atoms. The number of rotatable bonds is 4. The highest BCUT2D eigenvalue weighted by atomic mass is 16.6. The molecule has 9 nitrogen and oxygen atoms in total. The van der Waals surface area contributed by atoms with E-state index >= 15 is 0 Å². The van der Waals surface area contributed by atoms with Gasteiger partial charge < -0.3 is 15.0 Å². The molecule has 1 heterocycles. The maximum atomic E-state index is 12.1. The molecule has 0 aliphatic rings. The molecule has 9 heteroatoms. The Labute approximate surface area is 119 Å². The first-order valence-electron chi connectivity index (χ1n) is 6.03. The molecule has 110 valence electrons. The van der Waals surface area contributed by atoms with E-state index in [1.54, 1.807) is 18.5 Å². The van der Waals surface area contributed by atoms with Crippen LogP contribution < -0.4 is 5.32 Å². The molecule has 2 N–H and O–H groups in total. The topological polar surface area (TPSA) is 123 Å². The molecule has 0 aliphatic carbocycles. The molecule has 0 saturated heterocycles. The van der Waals surface area contributed by atoms with E-state index in [2.05, 4.69) is 15.5 Å². The van der Waals surface area contributed by atoms with Gasteiger partial charge in [-0.1, -0.05) is 6.07 Å². The Morgan fingerprint density at radius 3 is 2.81 bits per heavy atom. The van der Waals surface area contributed by atoms with Crippen LogP contribution in [-0.4, -0.2) is 30.7 Å². The van der Waals surface area contributed by atoms with E-state index < -0.39 is 28.3 Å². The lowest BCUT2D eigenvalue weighted by Crippen LogP contribution is -2.28. The van der Waals surface area contributed by atoms with Gasteiger partial charge in [-0.25, -0.2) is 0 Å². The summed E-state index contributed by atoms with van der Waals surface area (Å²) in [6, 6.07) is 3.29. The van der Waals surface area contributed by atoms with Gasteiger partial charge in [0.05, 0.1) is 16.5 Å². The second-order valence-electron chi connectivity index (χ2n) is 4.43. The van der Waals surface area contributed by atoms with Gasteiger partial charge in [-0.3, -0.25) is 14.9 Å².